The Labute approximate surface area is 193 Å². The highest BCUT2D eigenvalue weighted by Gasteiger charge is 2.20. The smallest absolute Gasteiger partial charge is 0.238 e. The molecule has 9 heteroatoms. The number of thiophene rings is 1. The summed E-state index contributed by atoms with van der Waals surface area (Å²) < 4.78 is 13.3. The van der Waals surface area contributed by atoms with Crippen molar-refractivity contribution in [3.05, 3.63) is 86.3 Å². The van der Waals surface area contributed by atoms with Gasteiger partial charge in [0, 0.05) is 4.88 Å². The van der Waals surface area contributed by atoms with Gasteiger partial charge in [0.25, 0.3) is 0 Å². The lowest BCUT2D eigenvalue weighted by molar-refractivity contribution is -0.123. The van der Waals surface area contributed by atoms with Crippen molar-refractivity contribution in [3.63, 3.8) is 0 Å². The summed E-state index contributed by atoms with van der Waals surface area (Å²) in [6.07, 6.45) is 0. The van der Waals surface area contributed by atoms with E-state index in [1.807, 2.05) is 17.5 Å². The number of nitrogens with zero attached hydrogens (tertiary/aromatic N) is 1. The second kappa shape index (κ2) is 10.7. The van der Waals surface area contributed by atoms with E-state index in [0.29, 0.717) is 15.7 Å². The lowest BCUT2D eigenvalue weighted by Crippen LogP contribution is -2.40. The van der Waals surface area contributed by atoms with Crippen molar-refractivity contribution < 1.29 is 14.0 Å². The van der Waals surface area contributed by atoms with Gasteiger partial charge in [-0.15, -0.1) is 11.3 Å². The lowest BCUT2D eigenvalue weighted by atomic mass is 10.1. The summed E-state index contributed by atoms with van der Waals surface area (Å²) in [4.78, 5) is 27.5. The summed E-state index contributed by atoms with van der Waals surface area (Å²) in [5.74, 6) is -0.961. The number of para-hydroxylation sites is 1. The standard InChI is InChI=1S/C22H20Cl2FN3O2S/c1-28(13-20(30)27-22-16(23)4-2-5-17(22)24)12-19(29)26-21(18-6-3-11-31-18)14-7-9-15(25)10-8-14/h2-11,21H,12-13H2,1H3,(H,26,29)(H,27,30). The summed E-state index contributed by atoms with van der Waals surface area (Å²) in [5.41, 5.74) is 1.11. The van der Waals surface area contributed by atoms with E-state index in [2.05, 4.69) is 10.6 Å². The van der Waals surface area contributed by atoms with Crippen LogP contribution in [-0.4, -0.2) is 36.9 Å². The number of halogens is 3. The van der Waals surface area contributed by atoms with Crippen LogP contribution in [-0.2, 0) is 9.59 Å². The zero-order valence-corrected chi connectivity index (χ0v) is 18.9. The third kappa shape index (κ3) is 6.51. The Morgan fingerprint density at radius 1 is 1.00 bits per heavy atom. The second-order valence-electron chi connectivity index (χ2n) is 6.88. The maximum absolute atomic E-state index is 13.3. The average molecular weight is 480 g/mol. The first-order valence-electron chi connectivity index (χ1n) is 9.34. The van der Waals surface area contributed by atoms with Gasteiger partial charge in [-0.25, -0.2) is 4.39 Å². The Balaban J connectivity index is 1.60. The van der Waals surface area contributed by atoms with Crippen LogP contribution in [0.1, 0.15) is 16.5 Å². The van der Waals surface area contributed by atoms with Gasteiger partial charge in [-0.05, 0) is 48.3 Å². The fourth-order valence-corrected chi connectivity index (χ4v) is 4.27. The van der Waals surface area contributed by atoms with E-state index < -0.39 is 6.04 Å². The Kier molecular flexibility index (Phi) is 8.03. The number of amides is 2. The number of carbonyl (C=O) groups is 2. The number of benzene rings is 2. The molecule has 1 aromatic heterocycles. The predicted molar refractivity (Wildman–Crippen MR) is 123 cm³/mol. The summed E-state index contributed by atoms with van der Waals surface area (Å²) in [6, 6.07) is 14.3. The molecule has 0 aliphatic heterocycles. The fourth-order valence-electron chi connectivity index (χ4n) is 2.98. The molecular weight excluding hydrogens is 460 g/mol. The zero-order chi connectivity index (χ0) is 22.4. The maximum atomic E-state index is 13.3. The van der Waals surface area contributed by atoms with Crippen LogP contribution in [0.2, 0.25) is 10.0 Å². The molecule has 0 fully saturated rings. The van der Waals surface area contributed by atoms with Crippen LogP contribution in [0, 0.1) is 5.82 Å². The van der Waals surface area contributed by atoms with Crippen molar-refractivity contribution in [1.82, 2.24) is 10.2 Å². The molecule has 5 nitrogen and oxygen atoms in total. The van der Waals surface area contributed by atoms with Gasteiger partial charge in [0.1, 0.15) is 5.82 Å². The Morgan fingerprint density at radius 3 is 2.26 bits per heavy atom. The fraction of sp³-hybridized carbons (Fsp3) is 0.182. The number of likely N-dealkylation sites (N-methyl/N-ethyl adjacent to an activating group) is 1. The van der Waals surface area contributed by atoms with Gasteiger partial charge >= 0.3 is 0 Å². The highest BCUT2D eigenvalue weighted by molar-refractivity contribution is 7.10. The molecule has 0 aliphatic rings. The first-order chi connectivity index (χ1) is 14.8. The largest absolute Gasteiger partial charge is 0.343 e. The normalized spacial score (nSPS) is 11.9. The van der Waals surface area contributed by atoms with Crippen LogP contribution in [0.15, 0.2) is 60.0 Å². The van der Waals surface area contributed by atoms with E-state index in [4.69, 9.17) is 23.2 Å². The predicted octanol–water partition coefficient (Wildman–Crippen LogP) is 4.97. The molecule has 2 N–H and O–H groups in total. The molecule has 3 rings (SSSR count). The molecular formula is C22H20Cl2FN3O2S. The van der Waals surface area contributed by atoms with Gasteiger partial charge in [0.05, 0.1) is 34.9 Å². The molecule has 0 spiro atoms. The van der Waals surface area contributed by atoms with Gasteiger partial charge < -0.3 is 10.6 Å². The van der Waals surface area contributed by atoms with Gasteiger partial charge in [-0.1, -0.05) is 47.5 Å². The van der Waals surface area contributed by atoms with Gasteiger partial charge in [0.2, 0.25) is 11.8 Å². The van der Waals surface area contributed by atoms with Crippen LogP contribution < -0.4 is 10.6 Å². The molecule has 3 aromatic rings. The van der Waals surface area contributed by atoms with E-state index in [1.54, 1.807) is 42.3 Å². The van der Waals surface area contributed by atoms with Crippen LogP contribution in [0.4, 0.5) is 10.1 Å². The summed E-state index contributed by atoms with van der Waals surface area (Å²) in [6.45, 7) is -0.0397. The number of anilines is 1. The Morgan fingerprint density at radius 2 is 1.65 bits per heavy atom. The van der Waals surface area contributed by atoms with Crippen LogP contribution in [0.25, 0.3) is 0 Å². The molecule has 0 bridgehead atoms. The minimum Gasteiger partial charge on any atom is -0.343 e. The molecule has 1 unspecified atom stereocenters. The van der Waals surface area contributed by atoms with Gasteiger partial charge in [-0.3, -0.25) is 14.5 Å². The quantitative estimate of drug-likeness (QED) is 0.479. The zero-order valence-electron chi connectivity index (χ0n) is 16.6. The van der Waals surface area contributed by atoms with Gasteiger partial charge in [0.15, 0.2) is 0 Å². The summed E-state index contributed by atoms with van der Waals surface area (Å²) in [7, 11) is 1.66. The van der Waals surface area contributed by atoms with E-state index in [9.17, 15) is 14.0 Å². The molecule has 2 aromatic carbocycles. The van der Waals surface area contributed by atoms with Crippen molar-refractivity contribution >= 4 is 52.0 Å². The minimum atomic E-state index is -0.405. The Bertz CT molecular complexity index is 1030. The van der Waals surface area contributed by atoms with E-state index >= 15 is 0 Å². The van der Waals surface area contributed by atoms with E-state index in [0.717, 1.165) is 10.4 Å². The number of rotatable bonds is 8. The monoisotopic (exact) mass is 479 g/mol. The lowest BCUT2D eigenvalue weighted by Gasteiger charge is -2.21. The summed E-state index contributed by atoms with van der Waals surface area (Å²) in [5, 5.41) is 8.20. The first-order valence-corrected chi connectivity index (χ1v) is 11.0. The first kappa shape index (κ1) is 23.2. The van der Waals surface area contributed by atoms with Gasteiger partial charge in [-0.2, -0.15) is 0 Å². The third-order valence-corrected chi connectivity index (χ3v) is 5.96. The SMILES string of the molecule is CN(CC(=O)Nc1c(Cl)cccc1Cl)CC(=O)NC(c1ccc(F)cc1)c1cccs1. The second-order valence-corrected chi connectivity index (χ2v) is 8.68. The van der Waals surface area contributed by atoms with Crippen molar-refractivity contribution in [2.45, 2.75) is 6.04 Å². The molecule has 0 saturated carbocycles. The molecule has 0 aliphatic carbocycles. The van der Waals surface area contributed by atoms with Crippen molar-refractivity contribution in [2.75, 3.05) is 25.5 Å². The topological polar surface area (TPSA) is 61.4 Å². The number of hydrogen-bond acceptors (Lipinski definition) is 4. The molecule has 162 valence electrons. The highest BCUT2D eigenvalue weighted by atomic mass is 35.5. The highest BCUT2D eigenvalue weighted by Crippen LogP contribution is 2.29. The van der Waals surface area contributed by atoms with E-state index in [1.165, 1.54) is 23.5 Å². The Hall–Kier alpha value is -2.45. The molecule has 1 heterocycles. The number of carbonyl (C=O) groups excluding carboxylic acids is 2. The molecule has 31 heavy (non-hydrogen) atoms. The molecule has 0 saturated heterocycles. The van der Waals surface area contributed by atoms with Crippen molar-refractivity contribution in [3.8, 4) is 0 Å². The van der Waals surface area contributed by atoms with Crippen molar-refractivity contribution in [1.29, 1.82) is 0 Å². The van der Waals surface area contributed by atoms with Crippen LogP contribution >= 0.6 is 34.5 Å². The van der Waals surface area contributed by atoms with Crippen molar-refractivity contribution in [2.24, 2.45) is 0 Å². The minimum absolute atomic E-state index is 0.00720. The summed E-state index contributed by atoms with van der Waals surface area (Å²) >= 11 is 13.6. The van der Waals surface area contributed by atoms with E-state index in [-0.39, 0.29) is 30.7 Å². The molecule has 0 radical (unpaired) electrons. The van der Waals surface area contributed by atoms with Crippen LogP contribution in [0.3, 0.4) is 0 Å². The molecule has 2 amide bonds. The number of nitrogens with one attached hydrogen (secondary N) is 2. The maximum Gasteiger partial charge on any atom is 0.238 e. The molecule has 1 atom stereocenters. The van der Waals surface area contributed by atoms with Crippen LogP contribution in [0.5, 0.6) is 0 Å². The third-order valence-electron chi connectivity index (χ3n) is 4.39. The number of hydrogen-bond donors (Lipinski definition) is 2. The average Bonchev–Trinajstić information content (AvgIpc) is 3.24.